The van der Waals surface area contributed by atoms with Gasteiger partial charge in [-0.15, -0.1) is 0 Å². The van der Waals surface area contributed by atoms with Gasteiger partial charge >= 0.3 is 0 Å². The third kappa shape index (κ3) is 3.20. The Morgan fingerprint density at radius 2 is 1.64 bits per heavy atom. The predicted octanol–water partition coefficient (Wildman–Crippen LogP) is 6.07. The van der Waals surface area contributed by atoms with Crippen LogP contribution in [0.2, 0.25) is 10.0 Å². The molecule has 2 aromatic carbocycles. The molecule has 0 bridgehead atoms. The van der Waals surface area contributed by atoms with Gasteiger partial charge in [0.15, 0.2) is 9.84 Å². The summed E-state index contributed by atoms with van der Waals surface area (Å²) in [5, 5.41) is 0.505. The third-order valence-electron chi connectivity index (χ3n) is 5.07. The zero-order valence-corrected chi connectivity index (χ0v) is 16.2. The molecule has 3 rings (SSSR count). The standard InChI is InChI=1S/C19H19Cl2FO2S/c1-13-5-6-14(22)11-16(13)19(9-3-2-4-10-19)25(23,24)15-7-8-17(20)18(21)12-15/h5-8,11-12H,2-4,9-10H2,1H3. The Morgan fingerprint density at radius 1 is 0.960 bits per heavy atom. The van der Waals surface area contributed by atoms with E-state index in [9.17, 15) is 12.8 Å². The summed E-state index contributed by atoms with van der Waals surface area (Å²) < 4.78 is 40.0. The van der Waals surface area contributed by atoms with Crippen molar-refractivity contribution >= 4 is 33.0 Å². The number of halogens is 3. The highest BCUT2D eigenvalue weighted by Gasteiger charge is 2.47. The Morgan fingerprint density at radius 3 is 2.28 bits per heavy atom. The van der Waals surface area contributed by atoms with Crippen molar-refractivity contribution in [1.82, 2.24) is 0 Å². The molecule has 0 heterocycles. The van der Waals surface area contributed by atoms with E-state index < -0.39 is 20.4 Å². The van der Waals surface area contributed by atoms with Gasteiger partial charge in [0.1, 0.15) is 10.6 Å². The van der Waals surface area contributed by atoms with Gasteiger partial charge in [-0.25, -0.2) is 12.8 Å². The second-order valence-corrected chi connectivity index (χ2v) is 9.67. The molecule has 0 radical (unpaired) electrons. The number of aryl methyl sites for hydroxylation is 1. The smallest absolute Gasteiger partial charge is 0.188 e. The van der Waals surface area contributed by atoms with Gasteiger partial charge in [-0.3, -0.25) is 0 Å². The van der Waals surface area contributed by atoms with E-state index in [0.29, 0.717) is 23.4 Å². The molecule has 0 unspecified atom stereocenters. The first-order chi connectivity index (χ1) is 11.8. The Hall–Kier alpha value is -1.10. The normalized spacial score (nSPS) is 17.4. The van der Waals surface area contributed by atoms with E-state index in [1.54, 1.807) is 6.07 Å². The van der Waals surface area contributed by atoms with Crippen molar-refractivity contribution in [2.75, 3.05) is 0 Å². The average molecular weight is 401 g/mol. The van der Waals surface area contributed by atoms with Crippen LogP contribution in [-0.4, -0.2) is 8.42 Å². The van der Waals surface area contributed by atoms with Gasteiger partial charge in [0, 0.05) is 0 Å². The van der Waals surface area contributed by atoms with Crippen LogP contribution in [0.25, 0.3) is 0 Å². The first kappa shape index (κ1) is 18.7. The molecule has 6 heteroatoms. The fraction of sp³-hybridized carbons (Fsp3) is 0.368. The minimum absolute atomic E-state index is 0.132. The molecule has 2 nitrogen and oxygen atoms in total. The molecule has 0 amide bonds. The lowest BCUT2D eigenvalue weighted by atomic mass is 9.81. The Kier molecular flexibility index (Phi) is 5.16. The molecule has 0 atom stereocenters. The first-order valence-electron chi connectivity index (χ1n) is 8.24. The molecule has 134 valence electrons. The van der Waals surface area contributed by atoms with Crippen molar-refractivity contribution in [1.29, 1.82) is 0 Å². The maximum Gasteiger partial charge on any atom is 0.188 e. The van der Waals surface area contributed by atoms with Crippen LogP contribution >= 0.6 is 23.2 Å². The third-order valence-corrected chi connectivity index (χ3v) is 8.34. The lowest BCUT2D eigenvalue weighted by Crippen LogP contribution is -2.38. The first-order valence-corrected chi connectivity index (χ1v) is 10.5. The van der Waals surface area contributed by atoms with E-state index >= 15 is 0 Å². The topological polar surface area (TPSA) is 34.1 Å². The molecule has 1 saturated carbocycles. The van der Waals surface area contributed by atoms with E-state index in [4.69, 9.17) is 23.2 Å². The zero-order valence-electron chi connectivity index (χ0n) is 13.9. The monoisotopic (exact) mass is 400 g/mol. The molecule has 0 saturated heterocycles. The SMILES string of the molecule is Cc1ccc(F)cc1C1(S(=O)(=O)c2ccc(Cl)c(Cl)c2)CCCCC1. The second-order valence-electron chi connectivity index (χ2n) is 6.59. The summed E-state index contributed by atoms with van der Waals surface area (Å²) in [4.78, 5) is 0.132. The van der Waals surface area contributed by atoms with E-state index in [1.807, 2.05) is 6.92 Å². The highest BCUT2D eigenvalue weighted by atomic mass is 35.5. The summed E-state index contributed by atoms with van der Waals surface area (Å²) in [5.41, 5.74) is 1.34. The van der Waals surface area contributed by atoms with Crippen LogP contribution in [-0.2, 0) is 14.6 Å². The summed E-state index contributed by atoms with van der Waals surface area (Å²) in [6.45, 7) is 1.83. The summed E-state index contributed by atoms with van der Waals surface area (Å²) in [6, 6.07) is 8.74. The molecule has 2 aromatic rings. The van der Waals surface area contributed by atoms with Crippen LogP contribution in [0.3, 0.4) is 0 Å². The van der Waals surface area contributed by atoms with Crippen molar-refractivity contribution < 1.29 is 12.8 Å². The number of sulfone groups is 1. The molecule has 1 fully saturated rings. The lowest BCUT2D eigenvalue weighted by molar-refractivity contribution is 0.377. The van der Waals surface area contributed by atoms with Gasteiger partial charge in [0.2, 0.25) is 0 Å². The maximum absolute atomic E-state index is 13.9. The number of rotatable bonds is 3. The molecule has 0 aromatic heterocycles. The highest BCUT2D eigenvalue weighted by molar-refractivity contribution is 7.92. The van der Waals surface area contributed by atoms with Gasteiger partial charge in [-0.2, -0.15) is 0 Å². The van der Waals surface area contributed by atoms with E-state index in [2.05, 4.69) is 0 Å². The quantitative estimate of drug-likeness (QED) is 0.625. The van der Waals surface area contributed by atoms with E-state index in [0.717, 1.165) is 24.8 Å². The summed E-state index contributed by atoms with van der Waals surface area (Å²) >= 11 is 12.0. The van der Waals surface area contributed by atoms with Crippen molar-refractivity contribution in [2.24, 2.45) is 0 Å². The number of hydrogen-bond donors (Lipinski definition) is 0. The molecular formula is C19H19Cl2FO2S. The van der Waals surface area contributed by atoms with Gasteiger partial charge in [0.25, 0.3) is 0 Å². The van der Waals surface area contributed by atoms with E-state index in [-0.39, 0.29) is 9.92 Å². The Balaban J connectivity index is 2.24. The van der Waals surface area contributed by atoms with Crippen LogP contribution in [0.15, 0.2) is 41.3 Å². The van der Waals surface area contributed by atoms with Crippen LogP contribution < -0.4 is 0 Å². The van der Waals surface area contributed by atoms with Gasteiger partial charge in [-0.1, -0.05) is 48.5 Å². The van der Waals surface area contributed by atoms with Gasteiger partial charge in [0.05, 0.1) is 14.9 Å². The molecule has 1 aliphatic rings. The second kappa shape index (κ2) is 6.90. The van der Waals surface area contributed by atoms with Crippen LogP contribution in [0.4, 0.5) is 4.39 Å². The summed E-state index contributed by atoms with van der Waals surface area (Å²) in [6.07, 6.45) is 3.50. The lowest BCUT2D eigenvalue weighted by Gasteiger charge is -2.38. The summed E-state index contributed by atoms with van der Waals surface area (Å²) in [5.74, 6) is -0.421. The predicted molar refractivity (Wildman–Crippen MR) is 99.5 cm³/mol. The Labute approximate surface area is 157 Å². The van der Waals surface area contributed by atoms with Crippen molar-refractivity contribution in [3.8, 4) is 0 Å². The van der Waals surface area contributed by atoms with Crippen molar-refractivity contribution in [2.45, 2.75) is 48.7 Å². The van der Waals surface area contributed by atoms with E-state index in [1.165, 1.54) is 30.3 Å². The summed E-state index contributed by atoms with van der Waals surface area (Å²) in [7, 11) is -3.76. The van der Waals surface area contributed by atoms with Gasteiger partial charge in [-0.05, 0) is 61.2 Å². The molecule has 0 N–H and O–H groups in total. The molecular weight excluding hydrogens is 382 g/mol. The van der Waals surface area contributed by atoms with Crippen LogP contribution in [0, 0.1) is 12.7 Å². The number of benzene rings is 2. The minimum atomic E-state index is -3.76. The van der Waals surface area contributed by atoms with Crippen LogP contribution in [0.1, 0.15) is 43.2 Å². The average Bonchev–Trinajstić information content (AvgIpc) is 2.59. The van der Waals surface area contributed by atoms with Crippen LogP contribution in [0.5, 0.6) is 0 Å². The molecule has 1 aliphatic carbocycles. The minimum Gasteiger partial charge on any atom is -0.223 e. The fourth-order valence-electron chi connectivity index (χ4n) is 3.76. The fourth-order valence-corrected chi connectivity index (χ4v) is 6.43. The van der Waals surface area contributed by atoms with Crippen molar-refractivity contribution in [3.05, 3.63) is 63.4 Å². The highest BCUT2D eigenvalue weighted by Crippen LogP contribution is 2.48. The number of hydrogen-bond acceptors (Lipinski definition) is 2. The molecule has 0 spiro atoms. The zero-order chi connectivity index (χ0) is 18.2. The molecule has 25 heavy (non-hydrogen) atoms. The van der Waals surface area contributed by atoms with Gasteiger partial charge < -0.3 is 0 Å². The maximum atomic E-state index is 13.9. The van der Waals surface area contributed by atoms with Crippen molar-refractivity contribution in [3.63, 3.8) is 0 Å². The molecule has 0 aliphatic heterocycles. The largest absolute Gasteiger partial charge is 0.223 e. The Bertz CT molecular complexity index is 904.